The van der Waals surface area contributed by atoms with Crippen LogP contribution in [0.1, 0.15) is 56.9 Å². The third-order valence-electron chi connectivity index (χ3n) is 6.01. The highest BCUT2D eigenvalue weighted by Crippen LogP contribution is 2.35. The summed E-state index contributed by atoms with van der Waals surface area (Å²) in [7, 11) is 1.92. The molecule has 2 heterocycles. The number of halogens is 4. The number of rotatable bonds is 3. The molecule has 0 spiro atoms. The molecule has 3 rings (SSSR count). The van der Waals surface area contributed by atoms with Gasteiger partial charge in [-0.25, -0.2) is 4.98 Å². The van der Waals surface area contributed by atoms with Crippen LogP contribution in [0, 0.1) is 5.92 Å². The summed E-state index contributed by atoms with van der Waals surface area (Å²) in [6, 6.07) is 1.25. The van der Waals surface area contributed by atoms with Crippen molar-refractivity contribution in [1.82, 2.24) is 9.88 Å². The van der Waals surface area contributed by atoms with Crippen molar-refractivity contribution in [3.63, 3.8) is 0 Å². The van der Waals surface area contributed by atoms with Crippen LogP contribution in [0.3, 0.4) is 0 Å². The van der Waals surface area contributed by atoms with Crippen LogP contribution in [0.2, 0.25) is 5.02 Å². The molecular weight excluding hydrogens is 391 g/mol. The number of anilines is 1. The molecule has 156 valence electrons. The number of nitrogens with zero attached hydrogens (tertiary/aromatic N) is 3. The topological polar surface area (TPSA) is 36.4 Å². The van der Waals surface area contributed by atoms with Gasteiger partial charge in [0.25, 0.3) is 0 Å². The number of amides is 1. The predicted octanol–water partition coefficient (Wildman–Crippen LogP) is 5.15. The van der Waals surface area contributed by atoms with Gasteiger partial charge in [0, 0.05) is 38.3 Å². The van der Waals surface area contributed by atoms with E-state index in [1.807, 2.05) is 16.8 Å². The summed E-state index contributed by atoms with van der Waals surface area (Å²) in [4.78, 5) is 20.7. The quantitative estimate of drug-likeness (QED) is 0.638. The minimum Gasteiger partial charge on any atom is -0.355 e. The van der Waals surface area contributed by atoms with E-state index in [0.29, 0.717) is 37.8 Å². The van der Waals surface area contributed by atoms with E-state index in [-0.39, 0.29) is 16.8 Å². The summed E-state index contributed by atoms with van der Waals surface area (Å²) in [5.74, 6) is 0.508. The average molecular weight is 418 g/mol. The molecule has 4 nitrogen and oxygen atoms in total. The molecule has 0 aromatic carbocycles. The molecule has 2 aliphatic rings. The first-order chi connectivity index (χ1) is 13.3. The second-order valence-electron chi connectivity index (χ2n) is 7.88. The monoisotopic (exact) mass is 417 g/mol. The number of aromatic nitrogens is 1. The maximum absolute atomic E-state index is 12.9. The molecule has 8 heteroatoms. The zero-order chi connectivity index (χ0) is 20.3. The zero-order valence-electron chi connectivity index (χ0n) is 16.1. The number of alkyl halides is 3. The van der Waals surface area contributed by atoms with Crippen LogP contribution in [0.5, 0.6) is 0 Å². The molecule has 2 fully saturated rings. The highest BCUT2D eigenvalue weighted by molar-refractivity contribution is 6.33. The van der Waals surface area contributed by atoms with Gasteiger partial charge in [-0.05, 0) is 31.7 Å². The molecule has 0 bridgehead atoms. The van der Waals surface area contributed by atoms with Gasteiger partial charge in [-0.15, -0.1) is 0 Å². The molecule has 1 aliphatic carbocycles. The number of carbonyl (C=O) groups is 1. The summed E-state index contributed by atoms with van der Waals surface area (Å²) >= 11 is 6.06. The highest BCUT2D eigenvalue weighted by Gasteiger charge is 2.34. The number of carbonyl (C=O) groups excluding carboxylic acids is 1. The lowest BCUT2D eigenvalue weighted by molar-refractivity contribution is -0.138. The van der Waals surface area contributed by atoms with Crippen molar-refractivity contribution in [3.8, 4) is 0 Å². The second-order valence-corrected chi connectivity index (χ2v) is 8.29. The van der Waals surface area contributed by atoms with Crippen LogP contribution < -0.4 is 4.90 Å². The van der Waals surface area contributed by atoms with Gasteiger partial charge < -0.3 is 9.80 Å². The summed E-state index contributed by atoms with van der Waals surface area (Å²) in [6.07, 6.45) is 4.69. The summed E-state index contributed by atoms with van der Waals surface area (Å²) in [5, 5.41) is -0.00447. The van der Waals surface area contributed by atoms with Gasteiger partial charge in [-0.1, -0.05) is 37.3 Å². The number of hydrogen-bond donors (Lipinski definition) is 0. The molecule has 0 unspecified atom stereocenters. The van der Waals surface area contributed by atoms with Gasteiger partial charge >= 0.3 is 6.18 Å². The van der Waals surface area contributed by atoms with Crippen molar-refractivity contribution in [2.75, 3.05) is 25.0 Å². The van der Waals surface area contributed by atoms with Gasteiger partial charge in [-0.3, -0.25) is 4.79 Å². The normalized spacial score (nSPS) is 20.1. The Bertz CT molecular complexity index is 682. The van der Waals surface area contributed by atoms with Crippen LogP contribution >= 0.6 is 11.6 Å². The average Bonchev–Trinajstić information content (AvgIpc) is 2.96. The standard InChI is InChI=1S/C20H27ClF3N3O/c1-26(16-6-4-2-3-5-7-16)19(28)14-8-10-27(11-9-14)18-17(21)12-15(13-25-18)20(22,23)24/h12-14,16H,2-11H2,1H3. The van der Waals surface area contributed by atoms with E-state index >= 15 is 0 Å². The third kappa shape index (κ3) is 4.91. The third-order valence-corrected chi connectivity index (χ3v) is 6.29. The minimum atomic E-state index is -4.46. The van der Waals surface area contributed by atoms with E-state index in [1.165, 1.54) is 25.7 Å². The molecule has 1 amide bonds. The number of piperidine rings is 1. The van der Waals surface area contributed by atoms with E-state index in [9.17, 15) is 18.0 Å². The lowest BCUT2D eigenvalue weighted by atomic mass is 9.94. The van der Waals surface area contributed by atoms with Crippen LogP contribution in [0.4, 0.5) is 19.0 Å². The minimum absolute atomic E-state index is 0.00447. The molecule has 0 N–H and O–H groups in total. The molecular formula is C20H27ClF3N3O. The van der Waals surface area contributed by atoms with Crippen LogP contribution in [0.25, 0.3) is 0 Å². The molecule has 1 saturated carbocycles. The van der Waals surface area contributed by atoms with Gasteiger partial charge in [0.2, 0.25) is 5.91 Å². The van der Waals surface area contributed by atoms with Gasteiger partial charge in [0.1, 0.15) is 5.82 Å². The molecule has 0 atom stereocenters. The van der Waals surface area contributed by atoms with E-state index in [2.05, 4.69) is 4.98 Å². The van der Waals surface area contributed by atoms with Crippen molar-refractivity contribution >= 4 is 23.3 Å². The SMILES string of the molecule is CN(C(=O)C1CCN(c2ncc(C(F)(F)F)cc2Cl)CC1)C1CCCCCC1. The first-order valence-corrected chi connectivity index (χ1v) is 10.4. The van der Waals surface area contributed by atoms with E-state index < -0.39 is 11.7 Å². The smallest absolute Gasteiger partial charge is 0.355 e. The van der Waals surface area contributed by atoms with Crippen molar-refractivity contribution in [3.05, 3.63) is 22.8 Å². The molecule has 1 aromatic rings. The Hall–Kier alpha value is -1.50. The number of pyridine rings is 1. The molecule has 28 heavy (non-hydrogen) atoms. The van der Waals surface area contributed by atoms with Gasteiger partial charge in [-0.2, -0.15) is 13.2 Å². The maximum atomic E-state index is 12.9. The summed E-state index contributed by atoms with van der Waals surface area (Å²) in [6.45, 7) is 1.12. The molecule has 0 radical (unpaired) electrons. The fourth-order valence-corrected chi connectivity index (χ4v) is 4.56. The molecule has 1 aliphatic heterocycles. The zero-order valence-corrected chi connectivity index (χ0v) is 16.9. The Balaban J connectivity index is 1.59. The van der Waals surface area contributed by atoms with Gasteiger partial charge in [0.05, 0.1) is 10.6 Å². The number of hydrogen-bond acceptors (Lipinski definition) is 3. The van der Waals surface area contributed by atoms with Crippen LogP contribution in [-0.2, 0) is 11.0 Å². The Morgan fingerprint density at radius 2 is 1.75 bits per heavy atom. The van der Waals surface area contributed by atoms with Crippen LogP contribution in [0.15, 0.2) is 12.3 Å². The van der Waals surface area contributed by atoms with Crippen LogP contribution in [-0.4, -0.2) is 42.0 Å². The van der Waals surface area contributed by atoms with E-state index in [0.717, 1.165) is 25.1 Å². The Morgan fingerprint density at radius 3 is 2.29 bits per heavy atom. The van der Waals surface area contributed by atoms with E-state index in [1.54, 1.807) is 0 Å². The Morgan fingerprint density at radius 1 is 1.14 bits per heavy atom. The Labute approximate surface area is 169 Å². The predicted molar refractivity (Wildman–Crippen MR) is 103 cm³/mol. The summed E-state index contributed by atoms with van der Waals surface area (Å²) in [5.41, 5.74) is -0.851. The fourth-order valence-electron chi connectivity index (χ4n) is 4.27. The summed E-state index contributed by atoms with van der Waals surface area (Å²) < 4.78 is 38.3. The maximum Gasteiger partial charge on any atom is 0.417 e. The van der Waals surface area contributed by atoms with Crippen molar-refractivity contribution < 1.29 is 18.0 Å². The van der Waals surface area contributed by atoms with Crippen molar-refractivity contribution in [1.29, 1.82) is 0 Å². The second kappa shape index (κ2) is 8.89. The Kier molecular flexibility index (Phi) is 6.73. The lowest BCUT2D eigenvalue weighted by Crippen LogP contribution is -2.45. The fraction of sp³-hybridized carbons (Fsp3) is 0.700. The lowest BCUT2D eigenvalue weighted by Gasteiger charge is -2.36. The van der Waals surface area contributed by atoms with Gasteiger partial charge in [0.15, 0.2) is 0 Å². The van der Waals surface area contributed by atoms with E-state index in [4.69, 9.17) is 11.6 Å². The molecule has 1 aromatic heterocycles. The first-order valence-electron chi connectivity index (χ1n) is 10.0. The van der Waals surface area contributed by atoms with Crippen molar-refractivity contribution in [2.24, 2.45) is 5.92 Å². The first kappa shape index (κ1) is 21.2. The van der Waals surface area contributed by atoms with Crippen molar-refractivity contribution in [2.45, 2.75) is 63.6 Å². The molecule has 1 saturated heterocycles. The highest BCUT2D eigenvalue weighted by atomic mass is 35.5. The largest absolute Gasteiger partial charge is 0.417 e.